The van der Waals surface area contributed by atoms with Crippen LogP contribution in [0.15, 0.2) is 0 Å². The Labute approximate surface area is 90.9 Å². The fourth-order valence-electron chi connectivity index (χ4n) is 0.760. The van der Waals surface area contributed by atoms with Gasteiger partial charge in [-0.2, -0.15) is 0 Å². The lowest BCUT2D eigenvalue weighted by atomic mass is 10.2. The molecule has 0 amide bonds. The van der Waals surface area contributed by atoms with E-state index in [-0.39, 0.29) is 30.2 Å². The van der Waals surface area contributed by atoms with Gasteiger partial charge in [0.25, 0.3) is 0 Å². The van der Waals surface area contributed by atoms with Gasteiger partial charge in [0.15, 0.2) is 0 Å². The van der Waals surface area contributed by atoms with Crippen LogP contribution >= 0.6 is 0 Å². The predicted molar refractivity (Wildman–Crippen MR) is 55.9 cm³/mol. The van der Waals surface area contributed by atoms with E-state index in [1.807, 2.05) is 13.8 Å². The Balaban J connectivity index is 4.28. The Kier molecular flexibility index (Phi) is 5.97. The first-order valence-corrected chi connectivity index (χ1v) is 5.28. The average Bonchev–Trinajstić information content (AvgIpc) is 2.15. The van der Waals surface area contributed by atoms with E-state index < -0.39 is 6.29 Å². The normalized spacial score (nSPS) is 12.7. The van der Waals surface area contributed by atoms with Crippen molar-refractivity contribution < 1.29 is 19.1 Å². The molecule has 0 aliphatic rings. The van der Waals surface area contributed by atoms with Gasteiger partial charge in [0, 0.05) is 12.3 Å². The molecule has 0 aromatic heterocycles. The second-order valence-electron chi connectivity index (χ2n) is 4.05. The quantitative estimate of drug-likeness (QED) is 0.521. The summed E-state index contributed by atoms with van der Waals surface area (Å²) in [6.07, 6.45) is -0.491. The minimum atomic E-state index is -0.771. The number of ether oxygens (including phenoxy) is 2. The third kappa shape index (κ3) is 5.40. The fourth-order valence-corrected chi connectivity index (χ4v) is 0.760. The summed E-state index contributed by atoms with van der Waals surface area (Å²) in [4.78, 5) is 22.4. The standard InChI is InChI=1S/C11H20O4/c1-6-9(12)14-11(8(4)5)15-10(13)7(2)3/h7-8,11H,6H2,1-5H3. The molecule has 0 spiro atoms. The number of rotatable bonds is 5. The number of hydrogen-bond acceptors (Lipinski definition) is 4. The van der Waals surface area contributed by atoms with Crippen LogP contribution in [0.4, 0.5) is 0 Å². The maximum absolute atomic E-state index is 11.3. The molecule has 0 aliphatic heterocycles. The zero-order chi connectivity index (χ0) is 12.0. The van der Waals surface area contributed by atoms with E-state index in [2.05, 4.69) is 0 Å². The molecule has 0 fully saturated rings. The smallest absolute Gasteiger partial charge is 0.311 e. The van der Waals surface area contributed by atoms with Crippen molar-refractivity contribution in [3.8, 4) is 0 Å². The zero-order valence-electron chi connectivity index (χ0n) is 10.1. The predicted octanol–water partition coefficient (Wildman–Crippen LogP) is 2.12. The van der Waals surface area contributed by atoms with Crippen molar-refractivity contribution in [3.05, 3.63) is 0 Å². The Bertz CT molecular complexity index is 221. The lowest BCUT2D eigenvalue weighted by Crippen LogP contribution is -2.30. The molecule has 0 radical (unpaired) electrons. The van der Waals surface area contributed by atoms with Gasteiger partial charge in [-0.3, -0.25) is 9.59 Å². The lowest BCUT2D eigenvalue weighted by molar-refractivity contribution is -0.197. The minimum Gasteiger partial charge on any atom is -0.425 e. The molecule has 0 saturated carbocycles. The molecule has 4 nitrogen and oxygen atoms in total. The molecule has 0 N–H and O–H groups in total. The number of carbonyl (C=O) groups is 2. The van der Waals surface area contributed by atoms with Gasteiger partial charge in [-0.1, -0.05) is 34.6 Å². The van der Waals surface area contributed by atoms with Crippen molar-refractivity contribution in [2.24, 2.45) is 11.8 Å². The molecule has 4 heteroatoms. The van der Waals surface area contributed by atoms with Gasteiger partial charge in [0.2, 0.25) is 6.29 Å². The second kappa shape index (κ2) is 6.43. The molecule has 0 heterocycles. The van der Waals surface area contributed by atoms with Crippen molar-refractivity contribution in [1.29, 1.82) is 0 Å². The first kappa shape index (κ1) is 13.9. The van der Waals surface area contributed by atoms with Crippen LogP contribution in [-0.4, -0.2) is 18.2 Å². The van der Waals surface area contributed by atoms with E-state index in [1.54, 1.807) is 20.8 Å². The van der Waals surface area contributed by atoms with Gasteiger partial charge in [-0.25, -0.2) is 0 Å². The molecule has 0 saturated heterocycles. The highest BCUT2D eigenvalue weighted by molar-refractivity contribution is 5.72. The monoisotopic (exact) mass is 216 g/mol. The van der Waals surface area contributed by atoms with Crippen molar-refractivity contribution in [3.63, 3.8) is 0 Å². The molecule has 0 aromatic carbocycles. The Morgan fingerprint density at radius 2 is 1.60 bits per heavy atom. The van der Waals surface area contributed by atoms with Crippen LogP contribution in [0, 0.1) is 11.8 Å². The minimum absolute atomic E-state index is 0.0387. The molecule has 0 rings (SSSR count). The van der Waals surface area contributed by atoms with Crippen LogP contribution in [0.1, 0.15) is 41.0 Å². The van der Waals surface area contributed by atoms with Gasteiger partial charge < -0.3 is 9.47 Å². The van der Waals surface area contributed by atoms with Crippen molar-refractivity contribution in [2.45, 2.75) is 47.3 Å². The first-order chi connectivity index (χ1) is 6.88. The molecule has 1 unspecified atom stereocenters. The number of esters is 2. The molecule has 0 aliphatic carbocycles. The highest BCUT2D eigenvalue weighted by Crippen LogP contribution is 2.12. The maximum Gasteiger partial charge on any atom is 0.311 e. The largest absolute Gasteiger partial charge is 0.425 e. The first-order valence-electron chi connectivity index (χ1n) is 5.28. The van der Waals surface area contributed by atoms with Crippen molar-refractivity contribution in [1.82, 2.24) is 0 Å². The van der Waals surface area contributed by atoms with Crippen LogP contribution in [0.3, 0.4) is 0 Å². The van der Waals surface area contributed by atoms with Gasteiger partial charge in [0.1, 0.15) is 0 Å². The summed E-state index contributed by atoms with van der Waals surface area (Å²) in [6, 6.07) is 0. The van der Waals surface area contributed by atoms with Crippen molar-refractivity contribution >= 4 is 11.9 Å². The topological polar surface area (TPSA) is 52.6 Å². The van der Waals surface area contributed by atoms with E-state index in [4.69, 9.17) is 9.47 Å². The summed E-state index contributed by atoms with van der Waals surface area (Å²) in [5.41, 5.74) is 0. The fraction of sp³-hybridized carbons (Fsp3) is 0.818. The van der Waals surface area contributed by atoms with E-state index in [0.29, 0.717) is 0 Å². The van der Waals surface area contributed by atoms with Crippen LogP contribution in [-0.2, 0) is 19.1 Å². The van der Waals surface area contributed by atoms with E-state index >= 15 is 0 Å². The molecule has 88 valence electrons. The van der Waals surface area contributed by atoms with Gasteiger partial charge in [0.05, 0.1) is 5.92 Å². The number of hydrogen-bond donors (Lipinski definition) is 0. The van der Waals surface area contributed by atoms with Crippen LogP contribution < -0.4 is 0 Å². The Hall–Kier alpha value is -1.06. The molecule has 0 aromatic rings. The van der Waals surface area contributed by atoms with Crippen LogP contribution in [0.5, 0.6) is 0 Å². The summed E-state index contributed by atoms with van der Waals surface area (Å²) in [5.74, 6) is -0.961. The third-order valence-corrected chi connectivity index (χ3v) is 1.78. The van der Waals surface area contributed by atoms with Crippen LogP contribution in [0.2, 0.25) is 0 Å². The summed E-state index contributed by atoms with van der Waals surface area (Å²) >= 11 is 0. The van der Waals surface area contributed by atoms with Gasteiger partial charge >= 0.3 is 11.9 Å². The molecule has 15 heavy (non-hydrogen) atoms. The summed E-state index contributed by atoms with van der Waals surface area (Å²) < 4.78 is 10.1. The zero-order valence-corrected chi connectivity index (χ0v) is 10.1. The molecule has 0 bridgehead atoms. The van der Waals surface area contributed by atoms with Gasteiger partial charge in [-0.05, 0) is 0 Å². The van der Waals surface area contributed by atoms with Crippen LogP contribution in [0.25, 0.3) is 0 Å². The highest BCUT2D eigenvalue weighted by Gasteiger charge is 2.23. The second-order valence-corrected chi connectivity index (χ2v) is 4.05. The molecular weight excluding hydrogens is 196 g/mol. The van der Waals surface area contributed by atoms with E-state index in [9.17, 15) is 9.59 Å². The summed E-state index contributed by atoms with van der Waals surface area (Å²) in [7, 11) is 0. The number of carbonyl (C=O) groups excluding carboxylic acids is 2. The third-order valence-electron chi connectivity index (χ3n) is 1.78. The summed E-state index contributed by atoms with van der Waals surface area (Å²) in [5, 5.41) is 0. The summed E-state index contributed by atoms with van der Waals surface area (Å²) in [6.45, 7) is 8.84. The highest BCUT2D eigenvalue weighted by atomic mass is 16.7. The maximum atomic E-state index is 11.3. The SMILES string of the molecule is CCC(=O)OC(OC(=O)C(C)C)C(C)C. The molecule has 1 atom stereocenters. The Morgan fingerprint density at radius 1 is 1.07 bits per heavy atom. The Morgan fingerprint density at radius 3 is 1.93 bits per heavy atom. The van der Waals surface area contributed by atoms with Gasteiger partial charge in [-0.15, -0.1) is 0 Å². The van der Waals surface area contributed by atoms with E-state index in [1.165, 1.54) is 0 Å². The lowest BCUT2D eigenvalue weighted by Gasteiger charge is -2.22. The average molecular weight is 216 g/mol. The van der Waals surface area contributed by atoms with E-state index in [0.717, 1.165) is 0 Å². The van der Waals surface area contributed by atoms with Crippen molar-refractivity contribution in [2.75, 3.05) is 0 Å². The molecular formula is C11H20O4.